The quantitative estimate of drug-likeness (QED) is 0.0992. The number of piperidine rings is 3. The Hall–Kier alpha value is -7.15. The number of amides is 5. The first kappa shape index (κ1) is 48.5. The van der Waals surface area contributed by atoms with Crippen molar-refractivity contribution >= 4 is 64.1 Å². The largest absolute Gasteiger partial charge is 0.480 e. The van der Waals surface area contributed by atoms with E-state index in [1.54, 1.807) is 24.4 Å². The van der Waals surface area contributed by atoms with Crippen LogP contribution < -0.4 is 36.2 Å². The van der Waals surface area contributed by atoms with Gasteiger partial charge in [0.15, 0.2) is 0 Å². The Bertz CT molecular complexity index is 2910. The fourth-order valence-electron chi connectivity index (χ4n) is 10.3. The van der Waals surface area contributed by atoms with E-state index >= 15 is 0 Å². The van der Waals surface area contributed by atoms with Gasteiger partial charge in [0.1, 0.15) is 22.4 Å². The van der Waals surface area contributed by atoms with Gasteiger partial charge in [0.05, 0.1) is 25.2 Å². The van der Waals surface area contributed by atoms with E-state index in [1.807, 2.05) is 66.9 Å². The first-order valence-corrected chi connectivity index (χ1v) is 25.5. The lowest BCUT2D eigenvalue weighted by Gasteiger charge is -2.40. The highest BCUT2D eigenvalue weighted by atomic mass is 32.2. The average Bonchev–Trinajstić information content (AvgIpc) is 3.72. The Morgan fingerprint density at radius 1 is 0.875 bits per heavy atom. The molecule has 5 aliphatic heterocycles. The van der Waals surface area contributed by atoms with Crippen LogP contribution in [0, 0.1) is 0 Å². The van der Waals surface area contributed by atoms with Gasteiger partial charge in [-0.3, -0.25) is 34.2 Å². The first-order valence-electron chi connectivity index (χ1n) is 24.7. The number of hydrogen-bond donors (Lipinski definition) is 4. The van der Waals surface area contributed by atoms with Crippen molar-refractivity contribution in [2.24, 2.45) is 5.73 Å². The van der Waals surface area contributed by atoms with Crippen LogP contribution in [-0.2, 0) is 22.7 Å². The van der Waals surface area contributed by atoms with E-state index < -0.39 is 11.9 Å². The molecule has 1 atom stereocenters. The van der Waals surface area contributed by atoms with Gasteiger partial charge in [0.25, 0.3) is 17.7 Å². The maximum absolute atomic E-state index is 13.4. The second-order valence-corrected chi connectivity index (χ2v) is 20.6. The number of anilines is 3. The molecule has 0 radical (unpaired) electrons. The molecular weight excluding hydrogens is 931 g/mol. The molecule has 3 fully saturated rings. The van der Waals surface area contributed by atoms with Gasteiger partial charge in [0.2, 0.25) is 17.7 Å². The van der Waals surface area contributed by atoms with Crippen molar-refractivity contribution in [2.75, 3.05) is 61.5 Å². The summed E-state index contributed by atoms with van der Waals surface area (Å²) in [7, 11) is 1.51. The molecule has 2 aromatic heterocycles. The molecule has 72 heavy (non-hydrogen) atoms. The molecule has 5 N–H and O–H groups in total. The normalized spacial score (nSPS) is 19.4. The van der Waals surface area contributed by atoms with E-state index in [1.165, 1.54) is 23.8 Å². The summed E-state index contributed by atoms with van der Waals surface area (Å²) in [6.07, 6.45) is 11.1. The fourth-order valence-corrected chi connectivity index (χ4v) is 11.0. The lowest BCUT2D eigenvalue weighted by molar-refractivity contribution is -0.136. The van der Waals surface area contributed by atoms with Gasteiger partial charge in [-0.1, -0.05) is 36.0 Å². The number of fused-ring (bicyclic) bond motifs is 1. The van der Waals surface area contributed by atoms with Crippen LogP contribution in [0.4, 0.5) is 17.2 Å². The third kappa shape index (κ3) is 10.9. The lowest BCUT2D eigenvalue weighted by Crippen LogP contribution is -2.52. The van der Waals surface area contributed by atoms with E-state index in [-0.39, 0.29) is 54.6 Å². The molecule has 18 heteroatoms. The number of pyridine rings is 1. The van der Waals surface area contributed by atoms with Gasteiger partial charge < -0.3 is 35.8 Å². The highest BCUT2D eigenvalue weighted by Crippen LogP contribution is 2.33. The van der Waals surface area contributed by atoms with Crippen LogP contribution in [0.3, 0.4) is 0 Å². The van der Waals surface area contributed by atoms with Crippen molar-refractivity contribution < 1.29 is 28.7 Å². The highest BCUT2D eigenvalue weighted by Gasteiger charge is 2.39. The number of rotatable bonds is 13. The number of hydrogen-bond acceptors (Lipinski definition) is 14. The minimum atomic E-state index is -0.688. The SMILES string of the molecule is COc1nc(C2=CCN(C3CCN(c4ccc(C(=O)Nc5cccc(Sc6cnc(N7CCC(C)(N)CC7)cn6)c5)cc4)CC3)CC2)ccc1C(=O)NCc1ccc2c(c1)CN(C1CCC(=O)NC1=O)C2=O. The zero-order valence-electron chi connectivity index (χ0n) is 40.6. The number of nitrogens with one attached hydrogen (secondary N) is 3. The van der Waals surface area contributed by atoms with E-state index in [9.17, 15) is 24.0 Å². The minimum absolute atomic E-state index is 0.123. The predicted molar refractivity (Wildman–Crippen MR) is 275 cm³/mol. The van der Waals surface area contributed by atoms with Gasteiger partial charge in [-0.15, -0.1) is 0 Å². The molecule has 5 aromatic rings. The van der Waals surface area contributed by atoms with Gasteiger partial charge in [-0.25, -0.2) is 15.0 Å². The predicted octanol–water partition coefficient (Wildman–Crippen LogP) is 6.05. The zero-order valence-corrected chi connectivity index (χ0v) is 41.4. The average molecular weight is 990 g/mol. The molecular formula is C54H59N11O6S. The topological polar surface area (TPSA) is 208 Å². The molecule has 0 aliphatic carbocycles. The van der Waals surface area contributed by atoms with E-state index in [2.05, 4.69) is 53.6 Å². The summed E-state index contributed by atoms with van der Waals surface area (Å²) >= 11 is 1.50. The summed E-state index contributed by atoms with van der Waals surface area (Å²) in [6, 6.07) is 24.4. The van der Waals surface area contributed by atoms with Crippen molar-refractivity contribution in [1.82, 2.24) is 35.4 Å². The third-order valence-corrected chi connectivity index (χ3v) is 15.5. The maximum atomic E-state index is 13.4. The fraction of sp³-hybridized carbons (Fsp3) is 0.370. The molecule has 0 bridgehead atoms. The Balaban J connectivity index is 0.670. The van der Waals surface area contributed by atoms with Crippen molar-refractivity contribution in [2.45, 2.75) is 92.5 Å². The van der Waals surface area contributed by atoms with Crippen LogP contribution in [0.25, 0.3) is 5.57 Å². The van der Waals surface area contributed by atoms with Crippen LogP contribution in [0.1, 0.15) is 99.8 Å². The minimum Gasteiger partial charge on any atom is -0.480 e. The molecule has 3 saturated heterocycles. The van der Waals surface area contributed by atoms with Gasteiger partial charge in [-0.05, 0) is 123 Å². The Kier molecular flexibility index (Phi) is 14.1. The standard InChI is InChI=1S/C54H59N11O6S/c1-54(55)20-26-64(27-21-54)46-31-57-48(32-56-46)72-41-5-3-4-38(29-41)59-49(67)36-7-9-39(10-8-36)63-24-18-40(19-25-63)62-22-16-35(17-23-62)44-13-12-43(52(60-44)71-2)50(68)58-30-34-6-11-42-37(28-34)33-65(53(42)70)45-14-15-47(66)61-51(45)69/h3-13,16,28-29,31-32,40,45H,14-15,17-27,30,33,55H2,1-2H3,(H,58,68)(H,59,67)(H,61,66,69). The van der Waals surface area contributed by atoms with Crippen molar-refractivity contribution in [3.8, 4) is 5.88 Å². The number of imide groups is 1. The summed E-state index contributed by atoms with van der Waals surface area (Å²) in [4.78, 5) is 87.7. The number of nitrogens with two attached hydrogens (primary N) is 1. The molecule has 10 rings (SSSR count). The van der Waals surface area contributed by atoms with Crippen LogP contribution >= 0.6 is 11.8 Å². The summed E-state index contributed by atoms with van der Waals surface area (Å²) in [5.41, 5.74) is 12.9. The zero-order chi connectivity index (χ0) is 49.9. The van der Waals surface area contributed by atoms with Crippen molar-refractivity contribution in [1.29, 1.82) is 0 Å². The van der Waals surface area contributed by atoms with E-state index in [0.29, 0.717) is 34.8 Å². The smallest absolute Gasteiger partial charge is 0.257 e. The molecule has 5 amide bonds. The summed E-state index contributed by atoms with van der Waals surface area (Å²) < 4.78 is 5.61. The van der Waals surface area contributed by atoms with Gasteiger partial charge in [0, 0.05) is 97.8 Å². The van der Waals surface area contributed by atoms with Crippen molar-refractivity contribution in [3.05, 3.63) is 131 Å². The molecule has 1 unspecified atom stereocenters. The Labute approximate surface area is 423 Å². The third-order valence-electron chi connectivity index (χ3n) is 14.5. The number of aromatic nitrogens is 3. The molecule has 0 spiro atoms. The second-order valence-electron chi connectivity index (χ2n) is 19.5. The molecule has 3 aromatic carbocycles. The number of benzene rings is 3. The molecule has 5 aliphatic rings. The Morgan fingerprint density at radius 3 is 2.40 bits per heavy atom. The van der Waals surface area contributed by atoms with Crippen molar-refractivity contribution in [3.63, 3.8) is 0 Å². The lowest BCUT2D eigenvalue weighted by atomic mass is 9.91. The highest BCUT2D eigenvalue weighted by molar-refractivity contribution is 7.99. The van der Waals surface area contributed by atoms with Crippen LogP contribution in [0.15, 0.2) is 107 Å². The number of ether oxygens (including phenoxy) is 1. The first-order chi connectivity index (χ1) is 34.9. The summed E-state index contributed by atoms with van der Waals surface area (Å²) in [5, 5.41) is 9.13. The van der Waals surface area contributed by atoms with Crippen LogP contribution in [0.2, 0.25) is 0 Å². The maximum Gasteiger partial charge on any atom is 0.257 e. The number of methoxy groups -OCH3 is 1. The number of carbonyl (C=O) groups is 5. The number of carbonyl (C=O) groups excluding carboxylic acids is 5. The molecule has 17 nitrogen and oxygen atoms in total. The Morgan fingerprint density at radius 2 is 1.68 bits per heavy atom. The van der Waals surface area contributed by atoms with Crippen LogP contribution in [0.5, 0.6) is 5.88 Å². The summed E-state index contributed by atoms with van der Waals surface area (Å²) in [6.45, 7) is 7.87. The van der Waals surface area contributed by atoms with E-state index in [0.717, 1.165) is 115 Å². The van der Waals surface area contributed by atoms with Crippen LogP contribution in [-0.4, -0.2) is 118 Å². The van der Waals surface area contributed by atoms with Gasteiger partial charge in [-0.2, -0.15) is 0 Å². The monoisotopic (exact) mass is 989 g/mol. The molecule has 7 heterocycles. The van der Waals surface area contributed by atoms with Gasteiger partial charge >= 0.3 is 0 Å². The molecule has 372 valence electrons. The molecule has 0 saturated carbocycles. The number of nitrogens with zero attached hydrogens (tertiary/aromatic N) is 7. The van der Waals surface area contributed by atoms with E-state index in [4.69, 9.17) is 15.5 Å². The summed E-state index contributed by atoms with van der Waals surface area (Å²) in [5.74, 6) is -0.408. The second kappa shape index (κ2) is 20.9.